The highest BCUT2D eigenvalue weighted by Crippen LogP contribution is 2.26. The molecule has 0 radical (unpaired) electrons. The topological polar surface area (TPSA) is 71.2 Å². The van der Waals surface area contributed by atoms with Crippen molar-refractivity contribution in [3.8, 4) is 5.69 Å². The molecule has 6 nitrogen and oxygen atoms in total. The number of hydrogen-bond acceptors (Lipinski definition) is 3. The molecule has 0 aliphatic heterocycles. The molecule has 0 aromatic carbocycles. The first-order valence-corrected chi connectivity index (χ1v) is 7.41. The van der Waals surface area contributed by atoms with Crippen molar-refractivity contribution in [1.82, 2.24) is 14.8 Å². The fourth-order valence-electron chi connectivity index (χ4n) is 2.27. The Balaban J connectivity index is 2.47. The van der Waals surface area contributed by atoms with Gasteiger partial charge >= 0.3 is 6.09 Å². The first kappa shape index (κ1) is 16.9. The van der Waals surface area contributed by atoms with Crippen molar-refractivity contribution >= 4 is 11.8 Å². The lowest BCUT2D eigenvalue weighted by Crippen LogP contribution is -2.37. The quantitative estimate of drug-likeness (QED) is 0.936. The van der Waals surface area contributed by atoms with Crippen molar-refractivity contribution in [1.29, 1.82) is 0 Å². The van der Waals surface area contributed by atoms with Crippen LogP contribution in [0.2, 0.25) is 0 Å². The number of aromatic nitrogens is 3. The van der Waals surface area contributed by atoms with E-state index < -0.39 is 11.9 Å². The number of hydrogen-bond donors (Lipinski definition) is 1. The predicted molar refractivity (Wildman–Crippen MR) is 85.5 cm³/mol. The van der Waals surface area contributed by atoms with Crippen LogP contribution in [-0.4, -0.2) is 32.5 Å². The fraction of sp³-hybridized carbons (Fsp3) is 0.438. The van der Waals surface area contributed by atoms with Gasteiger partial charge in [-0.25, -0.2) is 13.9 Å². The molecule has 1 N–H and O–H groups in total. The van der Waals surface area contributed by atoms with Crippen LogP contribution < -0.4 is 4.90 Å². The van der Waals surface area contributed by atoms with E-state index in [0.29, 0.717) is 30.0 Å². The maximum Gasteiger partial charge on any atom is 0.411 e. The van der Waals surface area contributed by atoms with Gasteiger partial charge in [-0.3, -0.25) is 9.88 Å². The molecule has 124 valence electrons. The van der Waals surface area contributed by atoms with Crippen molar-refractivity contribution in [2.75, 3.05) is 11.4 Å². The molecule has 2 rings (SSSR count). The Bertz CT molecular complexity index is 706. The minimum Gasteiger partial charge on any atom is -0.465 e. The van der Waals surface area contributed by atoms with Crippen molar-refractivity contribution in [3.05, 3.63) is 36.2 Å². The van der Waals surface area contributed by atoms with Gasteiger partial charge in [0.05, 0.1) is 35.7 Å². The minimum atomic E-state index is -1.04. The molecule has 0 fully saturated rings. The summed E-state index contributed by atoms with van der Waals surface area (Å²) in [6.45, 7) is 8.14. The number of halogens is 1. The van der Waals surface area contributed by atoms with Gasteiger partial charge in [-0.15, -0.1) is 0 Å². The van der Waals surface area contributed by atoms with Gasteiger partial charge in [-0.05, 0) is 11.8 Å². The number of carbonyl (C=O) groups is 1. The van der Waals surface area contributed by atoms with E-state index in [1.54, 1.807) is 6.20 Å². The third-order valence-corrected chi connectivity index (χ3v) is 3.21. The molecule has 2 aromatic rings. The molecule has 0 aliphatic carbocycles. The second kappa shape index (κ2) is 6.36. The number of pyridine rings is 1. The van der Waals surface area contributed by atoms with E-state index in [2.05, 4.69) is 10.1 Å². The molecule has 23 heavy (non-hydrogen) atoms. The standard InChI is InChI=1S/C16H21FN4O2/c1-5-13-14(20(15(22)23)10-16(2,3)4)9-21(19-13)12-6-11(17)7-18-8-12/h6-9H,5,10H2,1-4H3,(H,22,23). The molecular weight excluding hydrogens is 299 g/mol. The SMILES string of the molecule is CCc1nn(-c2cncc(F)c2)cc1N(CC(C)(C)C)C(=O)O. The largest absolute Gasteiger partial charge is 0.465 e. The maximum atomic E-state index is 13.3. The third-order valence-electron chi connectivity index (χ3n) is 3.21. The zero-order chi connectivity index (χ0) is 17.2. The second-order valence-electron chi connectivity index (χ2n) is 6.55. The van der Waals surface area contributed by atoms with E-state index in [0.717, 1.165) is 6.20 Å². The summed E-state index contributed by atoms with van der Waals surface area (Å²) < 4.78 is 14.8. The van der Waals surface area contributed by atoms with Gasteiger partial charge in [0, 0.05) is 12.6 Å². The average Bonchev–Trinajstić information content (AvgIpc) is 2.87. The van der Waals surface area contributed by atoms with Crippen molar-refractivity contribution in [3.63, 3.8) is 0 Å². The molecule has 7 heteroatoms. The van der Waals surface area contributed by atoms with Crippen LogP contribution in [0.15, 0.2) is 24.7 Å². The first-order chi connectivity index (χ1) is 10.7. The summed E-state index contributed by atoms with van der Waals surface area (Å²) in [5.74, 6) is -0.470. The second-order valence-corrected chi connectivity index (χ2v) is 6.55. The van der Waals surface area contributed by atoms with Crippen molar-refractivity contribution in [2.45, 2.75) is 34.1 Å². The van der Waals surface area contributed by atoms with Gasteiger partial charge in [0.2, 0.25) is 0 Å². The van der Waals surface area contributed by atoms with Crippen molar-refractivity contribution in [2.24, 2.45) is 5.41 Å². The zero-order valence-corrected chi connectivity index (χ0v) is 13.7. The molecular formula is C16H21FN4O2. The summed E-state index contributed by atoms with van der Waals surface area (Å²) >= 11 is 0. The van der Waals surface area contributed by atoms with Crippen LogP contribution >= 0.6 is 0 Å². The van der Waals surface area contributed by atoms with Crippen LogP contribution in [0.25, 0.3) is 5.69 Å². The van der Waals surface area contributed by atoms with Gasteiger partial charge in [-0.2, -0.15) is 5.10 Å². The number of rotatable bonds is 4. The lowest BCUT2D eigenvalue weighted by molar-refractivity contribution is 0.198. The molecule has 0 saturated heterocycles. The molecule has 0 saturated carbocycles. The van der Waals surface area contributed by atoms with Crippen molar-refractivity contribution < 1.29 is 14.3 Å². The highest BCUT2D eigenvalue weighted by molar-refractivity contribution is 5.86. The highest BCUT2D eigenvalue weighted by Gasteiger charge is 2.26. The summed E-state index contributed by atoms with van der Waals surface area (Å²) in [7, 11) is 0. The van der Waals surface area contributed by atoms with Gasteiger partial charge in [0.25, 0.3) is 0 Å². The molecule has 2 heterocycles. The van der Waals surface area contributed by atoms with E-state index in [1.807, 2.05) is 27.7 Å². The molecule has 0 unspecified atom stereocenters. The number of anilines is 1. The Hall–Kier alpha value is -2.44. The molecule has 0 spiro atoms. The Morgan fingerprint density at radius 2 is 2.09 bits per heavy atom. The summed E-state index contributed by atoms with van der Waals surface area (Å²) in [6, 6.07) is 1.30. The van der Waals surface area contributed by atoms with E-state index >= 15 is 0 Å². The number of aryl methyl sites for hydroxylation is 1. The van der Waals surface area contributed by atoms with Crippen LogP contribution in [0.3, 0.4) is 0 Å². The average molecular weight is 320 g/mol. The molecule has 1 amide bonds. The molecule has 2 aromatic heterocycles. The Morgan fingerprint density at radius 3 is 2.61 bits per heavy atom. The summed E-state index contributed by atoms with van der Waals surface area (Å²) in [5, 5.41) is 13.9. The lowest BCUT2D eigenvalue weighted by Gasteiger charge is -2.27. The predicted octanol–water partition coefficient (Wildman–Crippen LogP) is 3.50. The Morgan fingerprint density at radius 1 is 1.39 bits per heavy atom. The number of amides is 1. The van der Waals surface area contributed by atoms with Crippen LogP contribution in [0.1, 0.15) is 33.4 Å². The van der Waals surface area contributed by atoms with Gasteiger partial charge in [0.15, 0.2) is 0 Å². The normalized spacial score (nSPS) is 11.5. The Labute approximate surface area is 134 Å². The highest BCUT2D eigenvalue weighted by atomic mass is 19.1. The van der Waals surface area contributed by atoms with E-state index in [4.69, 9.17) is 0 Å². The minimum absolute atomic E-state index is 0.202. The summed E-state index contributed by atoms with van der Waals surface area (Å²) in [4.78, 5) is 16.7. The van der Waals surface area contributed by atoms with E-state index in [1.165, 1.54) is 21.8 Å². The van der Waals surface area contributed by atoms with E-state index in [9.17, 15) is 14.3 Å². The van der Waals surface area contributed by atoms with Crippen LogP contribution in [0.4, 0.5) is 14.9 Å². The monoisotopic (exact) mass is 320 g/mol. The summed E-state index contributed by atoms with van der Waals surface area (Å²) in [6.07, 6.45) is 3.73. The lowest BCUT2D eigenvalue weighted by atomic mass is 9.96. The zero-order valence-electron chi connectivity index (χ0n) is 13.7. The summed E-state index contributed by atoms with van der Waals surface area (Å²) in [5.41, 5.74) is 1.40. The number of nitrogens with zero attached hydrogens (tertiary/aromatic N) is 4. The number of carboxylic acid groups (broad SMARTS) is 1. The van der Waals surface area contributed by atoms with Gasteiger partial charge in [0.1, 0.15) is 5.82 Å². The van der Waals surface area contributed by atoms with Crippen LogP contribution in [-0.2, 0) is 6.42 Å². The van der Waals surface area contributed by atoms with Gasteiger partial charge in [-0.1, -0.05) is 27.7 Å². The van der Waals surface area contributed by atoms with E-state index in [-0.39, 0.29) is 5.41 Å². The van der Waals surface area contributed by atoms with Gasteiger partial charge < -0.3 is 5.11 Å². The molecule has 0 atom stereocenters. The molecule has 0 bridgehead atoms. The third kappa shape index (κ3) is 4.06. The smallest absolute Gasteiger partial charge is 0.411 e. The van der Waals surface area contributed by atoms with Crippen LogP contribution in [0.5, 0.6) is 0 Å². The maximum absolute atomic E-state index is 13.3. The van der Waals surface area contributed by atoms with Crippen LogP contribution in [0, 0.1) is 11.2 Å². The first-order valence-electron chi connectivity index (χ1n) is 7.41. The molecule has 0 aliphatic rings. The Kier molecular flexibility index (Phi) is 4.68. The fourth-order valence-corrected chi connectivity index (χ4v) is 2.27.